The van der Waals surface area contributed by atoms with Gasteiger partial charge in [-0.3, -0.25) is 9.78 Å². The molecule has 0 unspecified atom stereocenters. The zero-order valence-corrected chi connectivity index (χ0v) is 18.3. The van der Waals surface area contributed by atoms with Crippen LogP contribution in [0, 0.1) is 5.82 Å². The zero-order chi connectivity index (χ0) is 24.0. The summed E-state index contributed by atoms with van der Waals surface area (Å²) >= 11 is -0.246. The number of hydrogen-bond donors (Lipinski definition) is 2. The first-order valence-electron chi connectivity index (χ1n) is 9.84. The molecule has 2 N–H and O–H groups in total. The lowest BCUT2D eigenvalue weighted by Gasteiger charge is -2.24. The molecule has 0 aliphatic rings. The van der Waals surface area contributed by atoms with Crippen molar-refractivity contribution in [2.75, 3.05) is 29.9 Å². The summed E-state index contributed by atoms with van der Waals surface area (Å²) in [6.45, 7) is 2.54. The van der Waals surface area contributed by atoms with E-state index in [2.05, 4.69) is 15.3 Å². The van der Waals surface area contributed by atoms with Gasteiger partial charge in [0.15, 0.2) is 0 Å². The molecule has 1 aromatic carbocycles. The Morgan fingerprint density at radius 2 is 1.88 bits per heavy atom. The molecular formula is C22H20F4N4O2S. The molecule has 1 amide bonds. The van der Waals surface area contributed by atoms with Crippen molar-refractivity contribution in [3.8, 4) is 11.1 Å². The summed E-state index contributed by atoms with van der Waals surface area (Å²) in [4.78, 5) is 22.8. The number of halogens is 4. The van der Waals surface area contributed by atoms with E-state index in [1.54, 1.807) is 4.90 Å². The van der Waals surface area contributed by atoms with Gasteiger partial charge in [-0.05, 0) is 55.1 Å². The highest BCUT2D eigenvalue weighted by atomic mass is 32.2. The number of hydrogen-bond acceptors (Lipinski definition) is 6. The Morgan fingerprint density at radius 3 is 2.48 bits per heavy atom. The van der Waals surface area contributed by atoms with Gasteiger partial charge in [-0.25, -0.2) is 9.37 Å². The summed E-state index contributed by atoms with van der Waals surface area (Å²) in [5, 5.41) is 12.0. The van der Waals surface area contributed by atoms with Crippen molar-refractivity contribution in [3.63, 3.8) is 0 Å². The maximum atomic E-state index is 13.8. The first-order valence-corrected chi connectivity index (χ1v) is 10.7. The number of aromatic nitrogens is 2. The van der Waals surface area contributed by atoms with Crippen molar-refractivity contribution in [3.05, 3.63) is 66.4 Å². The molecule has 0 saturated carbocycles. The number of pyridine rings is 2. The van der Waals surface area contributed by atoms with Crippen LogP contribution < -0.4 is 10.2 Å². The maximum absolute atomic E-state index is 13.8. The number of carbonyl (C=O) groups excluding carboxylic acids is 1. The van der Waals surface area contributed by atoms with Crippen LogP contribution in [0.2, 0.25) is 0 Å². The smallest absolute Gasteiger partial charge is 0.395 e. The normalized spacial score (nSPS) is 11.3. The molecule has 0 fully saturated rings. The van der Waals surface area contributed by atoms with Crippen LogP contribution >= 0.6 is 11.8 Å². The van der Waals surface area contributed by atoms with Gasteiger partial charge < -0.3 is 15.3 Å². The summed E-state index contributed by atoms with van der Waals surface area (Å²) in [6, 6.07) is 8.04. The Balaban J connectivity index is 1.90. The lowest BCUT2D eigenvalue weighted by Crippen LogP contribution is -2.28. The predicted octanol–water partition coefficient (Wildman–Crippen LogP) is 4.97. The van der Waals surface area contributed by atoms with Crippen LogP contribution in [0.4, 0.5) is 29.1 Å². The summed E-state index contributed by atoms with van der Waals surface area (Å²) in [5.74, 6) is -0.652. The number of rotatable bonds is 8. The fourth-order valence-corrected chi connectivity index (χ4v) is 3.62. The number of aliphatic hydroxyl groups is 1. The number of amides is 1. The van der Waals surface area contributed by atoms with Gasteiger partial charge in [0, 0.05) is 47.2 Å². The van der Waals surface area contributed by atoms with Crippen molar-refractivity contribution in [2.24, 2.45) is 0 Å². The fraction of sp³-hybridized carbons (Fsp3) is 0.227. The molecule has 11 heteroatoms. The van der Waals surface area contributed by atoms with Crippen LogP contribution in [0.1, 0.15) is 17.3 Å². The van der Waals surface area contributed by atoms with E-state index in [4.69, 9.17) is 0 Å². The van der Waals surface area contributed by atoms with Crippen LogP contribution in [0.15, 0.2) is 59.9 Å². The molecule has 0 bridgehead atoms. The lowest BCUT2D eigenvalue weighted by atomic mass is 10.1. The number of aliphatic hydroxyl groups excluding tert-OH is 1. The number of carbonyl (C=O) groups is 1. The van der Waals surface area contributed by atoms with Crippen LogP contribution in [-0.2, 0) is 0 Å². The van der Waals surface area contributed by atoms with Crippen molar-refractivity contribution in [1.29, 1.82) is 0 Å². The molecule has 33 heavy (non-hydrogen) atoms. The largest absolute Gasteiger partial charge is 0.446 e. The SMILES string of the molecule is CCN(CCO)c1ncc(C(=O)Nc2ccc(SC(F)(F)F)cc2)cc1-c1cncc(F)c1. The summed E-state index contributed by atoms with van der Waals surface area (Å²) < 4.78 is 51.3. The topological polar surface area (TPSA) is 78.3 Å². The van der Waals surface area contributed by atoms with Crippen molar-refractivity contribution < 1.29 is 27.5 Å². The van der Waals surface area contributed by atoms with Gasteiger partial charge >= 0.3 is 5.51 Å². The van der Waals surface area contributed by atoms with Gasteiger partial charge in [-0.1, -0.05) is 0 Å². The van der Waals surface area contributed by atoms with E-state index in [1.807, 2.05) is 6.92 Å². The number of anilines is 2. The summed E-state index contributed by atoms with van der Waals surface area (Å²) in [7, 11) is 0. The van der Waals surface area contributed by atoms with E-state index in [1.165, 1.54) is 48.8 Å². The molecule has 0 atom stereocenters. The third-order valence-electron chi connectivity index (χ3n) is 4.54. The van der Waals surface area contributed by atoms with Crippen molar-refractivity contribution in [1.82, 2.24) is 9.97 Å². The summed E-state index contributed by atoms with van der Waals surface area (Å²) in [6.07, 6.45) is 3.84. The Morgan fingerprint density at radius 1 is 1.15 bits per heavy atom. The first kappa shape index (κ1) is 24.5. The highest BCUT2D eigenvalue weighted by Gasteiger charge is 2.29. The fourth-order valence-electron chi connectivity index (χ4n) is 3.08. The van der Waals surface area contributed by atoms with Gasteiger partial charge in [-0.15, -0.1) is 0 Å². The van der Waals surface area contributed by atoms with Gasteiger partial charge in [0.25, 0.3) is 5.91 Å². The lowest BCUT2D eigenvalue weighted by molar-refractivity contribution is -0.0328. The van der Waals surface area contributed by atoms with Crippen molar-refractivity contribution in [2.45, 2.75) is 17.3 Å². The second kappa shape index (κ2) is 10.6. The zero-order valence-electron chi connectivity index (χ0n) is 17.4. The van der Waals surface area contributed by atoms with E-state index in [-0.39, 0.29) is 35.4 Å². The molecule has 174 valence electrons. The van der Waals surface area contributed by atoms with E-state index >= 15 is 0 Å². The molecule has 2 aromatic heterocycles. The second-order valence-corrected chi connectivity index (χ2v) is 7.96. The number of alkyl halides is 3. The Hall–Kier alpha value is -3.18. The molecule has 0 aliphatic heterocycles. The van der Waals surface area contributed by atoms with Crippen molar-refractivity contribution >= 4 is 29.2 Å². The average molecular weight is 480 g/mol. The van der Waals surface area contributed by atoms with Crippen LogP contribution in [-0.4, -0.2) is 46.2 Å². The number of nitrogens with one attached hydrogen (secondary N) is 1. The van der Waals surface area contributed by atoms with Gasteiger partial charge in [0.1, 0.15) is 11.6 Å². The monoisotopic (exact) mass is 480 g/mol. The second-order valence-electron chi connectivity index (χ2n) is 6.82. The highest BCUT2D eigenvalue weighted by molar-refractivity contribution is 8.00. The minimum Gasteiger partial charge on any atom is -0.395 e. The van der Waals surface area contributed by atoms with Gasteiger partial charge in [0.05, 0.1) is 18.4 Å². The number of likely N-dealkylation sites (N-methyl/N-ethyl adjacent to an activating group) is 1. The molecule has 0 spiro atoms. The Kier molecular flexibility index (Phi) is 7.88. The molecular weight excluding hydrogens is 460 g/mol. The molecule has 3 aromatic rings. The summed E-state index contributed by atoms with van der Waals surface area (Å²) in [5.41, 5.74) is -3.09. The third-order valence-corrected chi connectivity index (χ3v) is 5.28. The standard InChI is InChI=1S/C22H20F4N4O2S/c1-2-30(7-8-31)20-19(14-9-16(23)13-27-11-14)10-15(12-28-20)21(32)29-17-3-5-18(6-4-17)33-22(24,25)26/h3-6,9-13,31H,2,7-8H2,1H3,(H,29,32). The van der Waals surface area contributed by atoms with E-state index in [0.717, 1.165) is 6.20 Å². The quantitative estimate of drug-likeness (QED) is 0.350. The molecule has 0 saturated heterocycles. The third kappa shape index (κ3) is 6.65. The van der Waals surface area contributed by atoms with Crippen LogP contribution in [0.5, 0.6) is 0 Å². The number of benzene rings is 1. The van der Waals surface area contributed by atoms with Gasteiger partial charge in [0.2, 0.25) is 0 Å². The predicted molar refractivity (Wildman–Crippen MR) is 119 cm³/mol. The molecule has 3 rings (SSSR count). The van der Waals surface area contributed by atoms with Gasteiger partial charge in [-0.2, -0.15) is 13.2 Å². The minimum absolute atomic E-state index is 0.00375. The maximum Gasteiger partial charge on any atom is 0.446 e. The molecule has 2 heterocycles. The Bertz CT molecular complexity index is 1110. The molecule has 0 aliphatic carbocycles. The Labute approximate surface area is 191 Å². The first-order chi connectivity index (χ1) is 15.7. The van der Waals surface area contributed by atoms with E-state index < -0.39 is 17.2 Å². The van der Waals surface area contributed by atoms with E-state index in [9.17, 15) is 27.5 Å². The number of nitrogens with zero attached hydrogens (tertiary/aromatic N) is 3. The molecule has 0 radical (unpaired) electrons. The number of thioether (sulfide) groups is 1. The van der Waals surface area contributed by atoms with E-state index in [0.29, 0.717) is 29.2 Å². The molecule has 6 nitrogen and oxygen atoms in total. The van der Waals surface area contributed by atoms with Crippen LogP contribution in [0.25, 0.3) is 11.1 Å². The minimum atomic E-state index is -4.40. The highest BCUT2D eigenvalue weighted by Crippen LogP contribution is 2.37. The average Bonchev–Trinajstić information content (AvgIpc) is 2.77. The van der Waals surface area contributed by atoms with Crippen LogP contribution in [0.3, 0.4) is 0 Å².